The molecule has 0 radical (unpaired) electrons. The Morgan fingerprint density at radius 3 is 2.46 bits per heavy atom. The number of aryl methyl sites for hydroxylation is 3. The van der Waals surface area contributed by atoms with Gasteiger partial charge in [-0.3, -0.25) is 0 Å². The number of phenolic OH excluding ortho intramolecular Hbond substituents is 1. The quantitative estimate of drug-likeness (QED) is 0.457. The van der Waals surface area contributed by atoms with E-state index in [1.807, 2.05) is 19.1 Å². The molecule has 0 aliphatic rings. The Morgan fingerprint density at radius 2 is 1.69 bits per heavy atom. The van der Waals surface area contributed by atoms with E-state index in [0.717, 1.165) is 21.3 Å². The highest BCUT2D eigenvalue weighted by Gasteiger charge is 2.15. The molecule has 0 aliphatic carbocycles. The number of anilines is 2. The van der Waals surface area contributed by atoms with E-state index in [2.05, 4.69) is 52.7 Å². The molecule has 0 saturated heterocycles. The van der Waals surface area contributed by atoms with Crippen molar-refractivity contribution in [2.75, 3.05) is 5.32 Å². The van der Waals surface area contributed by atoms with E-state index in [1.54, 1.807) is 23.7 Å². The molecule has 2 aromatic heterocycles. The van der Waals surface area contributed by atoms with Crippen molar-refractivity contribution in [2.45, 2.75) is 20.8 Å². The van der Waals surface area contributed by atoms with Gasteiger partial charge in [0.05, 0.1) is 11.1 Å². The van der Waals surface area contributed by atoms with E-state index in [1.165, 1.54) is 16.7 Å². The maximum Gasteiger partial charge on any atom is 0.143 e. The number of nitrogens with zero attached hydrogens (tertiary/aromatic N) is 2. The zero-order chi connectivity index (χ0) is 18.3. The minimum atomic E-state index is 0.208. The molecule has 4 rings (SSSR count). The van der Waals surface area contributed by atoms with Crippen molar-refractivity contribution in [3.8, 4) is 16.9 Å². The number of thiophene rings is 1. The minimum Gasteiger partial charge on any atom is -0.506 e. The molecule has 0 bridgehead atoms. The molecular weight excluding hydrogens is 342 g/mol. The van der Waals surface area contributed by atoms with Gasteiger partial charge >= 0.3 is 0 Å². The molecule has 130 valence electrons. The van der Waals surface area contributed by atoms with Crippen LogP contribution in [0.15, 0.2) is 48.1 Å². The number of nitrogens with one attached hydrogen (secondary N) is 1. The second kappa shape index (κ2) is 6.42. The van der Waals surface area contributed by atoms with Crippen LogP contribution in [-0.2, 0) is 0 Å². The van der Waals surface area contributed by atoms with Crippen LogP contribution in [0.2, 0.25) is 0 Å². The van der Waals surface area contributed by atoms with Crippen LogP contribution in [0, 0.1) is 20.8 Å². The van der Waals surface area contributed by atoms with Crippen molar-refractivity contribution in [2.24, 2.45) is 0 Å². The largest absolute Gasteiger partial charge is 0.506 e. The fourth-order valence-electron chi connectivity index (χ4n) is 3.16. The Morgan fingerprint density at radius 1 is 0.923 bits per heavy atom. The van der Waals surface area contributed by atoms with E-state index >= 15 is 0 Å². The molecule has 26 heavy (non-hydrogen) atoms. The monoisotopic (exact) mass is 361 g/mol. The van der Waals surface area contributed by atoms with Crippen LogP contribution in [0.3, 0.4) is 0 Å². The number of phenols is 1. The van der Waals surface area contributed by atoms with Crippen LogP contribution in [0.5, 0.6) is 5.75 Å². The summed E-state index contributed by atoms with van der Waals surface area (Å²) in [5.74, 6) is 0.908. The van der Waals surface area contributed by atoms with Crippen molar-refractivity contribution in [3.63, 3.8) is 0 Å². The molecule has 0 atom stereocenters. The summed E-state index contributed by atoms with van der Waals surface area (Å²) < 4.78 is 0. The molecule has 0 spiro atoms. The summed E-state index contributed by atoms with van der Waals surface area (Å²) in [5.41, 5.74) is 6.38. The van der Waals surface area contributed by atoms with Crippen LogP contribution in [0.1, 0.15) is 16.7 Å². The number of benzene rings is 2. The predicted octanol–water partition coefficient (Wildman–Crippen LogP) is 5.73. The van der Waals surface area contributed by atoms with Crippen molar-refractivity contribution >= 4 is 33.1 Å². The molecule has 5 heteroatoms. The first-order chi connectivity index (χ1) is 12.5. The first-order valence-electron chi connectivity index (χ1n) is 8.39. The fourth-order valence-corrected chi connectivity index (χ4v) is 4.07. The van der Waals surface area contributed by atoms with Crippen LogP contribution < -0.4 is 5.32 Å². The van der Waals surface area contributed by atoms with Crippen molar-refractivity contribution in [1.82, 2.24) is 9.97 Å². The zero-order valence-corrected chi connectivity index (χ0v) is 15.7. The van der Waals surface area contributed by atoms with Gasteiger partial charge in [-0.1, -0.05) is 29.8 Å². The molecule has 0 amide bonds. The number of rotatable bonds is 3. The zero-order valence-electron chi connectivity index (χ0n) is 14.9. The van der Waals surface area contributed by atoms with Crippen LogP contribution in [0.4, 0.5) is 11.5 Å². The summed E-state index contributed by atoms with van der Waals surface area (Å²) in [4.78, 5) is 9.78. The second-order valence-electron chi connectivity index (χ2n) is 6.52. The molecule has 0 aliphatic heterocycles. The molecule has 4 aromatic rings. The SMILES string of the molecule is Cc1ccc(-c2csc3ncnc(Nc4ccc(C)cc4O)c23)c(C)c1. The fraction of sp³-hybridized carbons (Fsp3) is 0.143. The number of hydrogen-bond donors (Lipinski definition) is 2. The predicted molar refractivity (Wildman–Crippen MR) is 108 cm³/mol. The summed E-state index contributed by atoms with van der Waals surface area (Å²) in [7, 11) is 0. The van der Waals surface area contributed by atoms with E-state index in [-0.39, 0.29) is 5.75 Å². The molecular formula is C21H19N3OS. The summed E-state index contributed by atoms with van der Waals surface area (Å²) in [6, 6.07) is 12.0. The van der Waals surface area contributed by atoms with Gasteiger partial charge in [-0.15, -0.1) is 11.3 Å². The van der Waals surface area contributed by atoms with Crippen LogP contribution >= 0.6 is 11.3 Å². The number of hydrogen-bond acceptors (Lipinski definition) is 5. The van der Waals surface area contributed by atoms with E-state index < -0.39 is 0 Å². The van der Waals surface area contributed by atoms with Gasteiger partial charge in [-0.25, -0.2) is 9.97 Å². The lowest BCUT2D eigenvalue weighted by atomic mass is 9.99. The lowest BCUT2D eigenvalue weighted by Crippen LogP contribution is -1.96. The first kappa shape index (κ1) is 16.5. The third kappa shape index (κ3) is 2.91. The van der Waals surface area contributed by atoms with E-state index in [0.29, 0.717) is 11.5 Å². The average Bonchev–Trinajstić information content (AvgIpc) is 3.02. The third-order valence-electron chi connectivity index (χ3n) is 4.45. The van der Waals surface area contributed by atoms with Crippen molar-refractivity contribution in [3.05, 3.63) is 64.8 Å². The molecule has 0 unspecified atom stereocenters. The highest BCUT2D eigenvalue weighted by Crippen LogP contribution is 2.39. The smallest absolute Gasteiger partial charge is 0.143 e. The topological polar surface area (TPSA) is 58.0 Å². The summed E-state index contributed by atoms with van der Waals surface area (Å²) in [5, 5.41) is 16.6. The van der Waals surface area contributed by atoms with Crippen molar-refractivity contribution in [1.29, 1.82) is 0 Å². The molecule has 2 heterocycles. The van der Waals surface area contributed by atoms with Gasteiger partial charge in [0.25, 0.3) is 0 Å². The van der Waals surface area contributed by atoms with Gasteiger partial charge in [-0.2, -0.15) is 0 Å². The Hall–Kier alpha value is -2.92. The second-order valence-corrected chi connectivity index (χ2v) is 7.37. The number of aromatic nitrogens is 2. The molecule has 0 fully saturated rings. The Kier molecular flexibility index (Phi) is 4.09. The van der Waals surface area contributed by atoms with Gasteiger partial charge in [0.2, 0.25) is 0 Å². The van der Waals surface area contributed by atoms with E-state index in [4.69, 9.17) is 0 Å². The highest BCUT2D eigenvalue weighted by atomic mass is 32.1. The maximum atomic E-state index is 10.2. The molecule has 2 aromatic carbocycles. The molecule has 4 nitrogen and oxygen atoms in total. The highest BCUT2D eigenvalue weighted by molar-refractivity contribution is 7.17. The Labute approximate surface area is 156 Å². The van der Waals surface area contributed by atoms with Gasteiger partial charge in [0.1, 0.15) is 22.7 Å². The van der Waals surface area contributed by atoms with Gasteiger partial charge in [0, 0.05) is 10.9 Å². The van der Waals surface area contributed by atoms with Gasteiger partial charge < -0.3 is 10.4 Å². The Bertz CT molecular complexity index is 1120. The molecule has 2 N–H and O–H groups in total. The van der Waals surface area contributed by atoms with Gasteiger partial charge in [0.15, 0.2) is 0 Å². The minimum absolute atomic E-state index is 0.208. The Balaban J connectivity index is 1.87. The lowest BCUT2D eigenvalue weighted by Gasteiger charge is -2.11. The normalized spacial score (nSPS) is 11.0. The molecule has 0 saturated carbocycles. The van der Waals surface area contributed by atoms with Gasteiger partial charge in [-0.05, 0) is 49.6 Å². The van der Waals surface area contributed by atoms with Crippen molar-refractivity contribution < 1.29 is 5.11 Å². The lowest BCUT2D eigenvalue weighted by molar-refractivity contribution is 0.477. The third-order valence-corrected chi connectivity index (χ3v) is 5.33. The van der Waals surface area contributed by atoms with Crippen LogP contribution in [-0.4, -0.2) is 15.1 Å². The summed E-state index contributed by atoms with van der Waals surface area (Å²) >= 11 is 1.60. The first-order valence-corrected chi connectivity index (χ1v) is 9.27. The number of aromatic hydroxyl groups is 1. The average molecular weight is 361 g/mol. The summed E-state index contributed by atoms with van der Waals surface area (Å²) in [6.07, 6.45) is 1.55. The van der Waals surface area contributed by atoms with E-state index in [9.17, 15) is 5.11 Å². The number of fused-ring (bicyclic) bond motifs is 1. The summed E-state index contributed by atoms with van der Waals surface area (Å²) in [6.45, 7) is 6.16. The van der Waals surface area contributed by atoms with Crippen LogP contribution in [0.25, 0.3) is 21.3 Å². The maximum absolute atomic E-state index is 10.2. The standard InChI is InChI=1S/C21H19N3OS/c1-12-4-6-15(14(3)8-12)16-10-26-21-19(16)20(22-11-23-21)24-17-7-5-13(2)9-18(17)25/h4-11,25H,1-3H3,(H,22,23,24).